The van der Waals surface area contributed by atoms with Crippen molar-refractivity contribution in [3.63, 3.8) is 0 Å². The topological polar surface area (TPSA) is 69.2 Å². The zero-order chi connectivity index (χ0) is 22.8. The van der Waals surface area contributed by atoms with Gasteiger partial charge in [-0.15, -0.1) is 0 Å². The van der Waals surface area contributed by atoms with Crippen LogP contribution in [-0.4, -0.2) is 31.1 Å². The van der Waals surface area contributed by atoms with Gasteiger partial charge >= 0.3 is 5.69 Å². The Bertz CT molecular complexity index is 1390. The lowest BCUT2D eigenvalue weighted by molar-refractivity contribution is -0.134. The van der Waals surface area contributed by atoms with E-state index in [1.165, 1.54) is 16.8 Å². The van der Waals surface area contributed by atoms with Gasteiger partial charge in [0.15, 0.2) is 0 Å². The number of hydrogen-bond donors (Lipinski definition) is 0. The second kappa shape index (κ2) is 8.78. The summed E-state index contributed by atoms with van der Waals surface area (Å²) in [5.74, 6) is -0.257. The van der Waals surface area contributed by atoms with Crippen LogP contribution >= 0.6 is 0 Å². The Morgan fingerprint density at radius 2 is 1.55 bits per heavy atom. The van der Waals surface area contributed by atoms with Gasteiger partial charge in [-0.25, -0.2) is 4.79 Å². The van der Waals surface area contributed by atoms with Gasteiger partial charge in [-0.05, 0) is 23.3 Å². The monoisotopic (exact) mass is 440 g/mol. The Morgan fingerprint density at radius 3 is 2.30 bits per heavy atom. The highest BCUT2D eigenvalue weighted by atomic mass is 16.2. The van der Waals surface area contributed by atoms with Crippen molar-refractivity contribution in [1.29, 1.82) is 0 Å². The summed E-state index contributed by atoms with van der Waals surface area (Å²) in [6, 6.07) is 24.4. The second-order valence-corrected chi connectivity index (χ2v) is 8.16. The molecule has 0 bridgehead atoms. The van der Waals surface area contributed by atoms with E-state index in [-0.39, 0.29) is 18.5 Å². The summed E-state index contributed by atoms with van der Waals surface area (Å²) in [6.07, 6.45) is 3.50. The van der Waals surface area contributed by atoms with E-state index in [0.717, 1.165) is 21.4 Å². The molecule has 2 aromatic carbocycles. The van der Waals surface area contributed by atoms with Crippen molar-refractivity contribution in [2.75, 3.05) is 6.54 Å². The molecule has 0 saturated heterocycles. The molecule has 33 heavy (non-hydrogen) atoms. The number of carbonyl (C=O) groups excluding carboxylic acids is 1. The molecule has 0 radical (unpaired) electrons. The summed E-state index contributed by atoms with van der Waals surface area (Å²) in [4.78, 5) is 40.9. The summed E-state index contributed by atoms with van der Waals surface area (Å²) in [7, 11) is 0. The van der Waals surface area contributed by atoms with E-state index in [2.05, 4.69) is 4.57 Å². The van der Waals surface area contributed by atoms with Gasteiger partial charge < -0.3 is 9.47 Å². The van der Waals surface area contributed by atoms with Gasteiger partial charge in [-0.3, -0.25) is 18.7 Å². The zero-order valence-electron chi connectivity index (χ0n) is 18.1. The van der Waals surface area contributed by atoms with Gasteiger partial charge in [0.25, 0.3) is 5.56 Å². The van der Waals surface area contributed by atoms with Crippen LogP contribution in [0.3, 0.4) is 0 Å². The first-order chi connectivity index (χ1) is 16.1. The molecule has 3 heterocycles. The van der Waals surface area contributed by atoms with Crippen LogP contribution in [0.25, 0.3) is 0 Å². The molecular formula is C26H24N4O3. The number of amides is 1. The average molecular weight is 441 g/mol. The van der Waals surface area contributed by atoms with Crippen molar-refractivity contribution >= 4 is 5.91 Å². The maximum atomic E-state index is 13.5. The molecule has 5 rings (SSSR count). The first-order valence-electron chi connectivity index (χ1n) is 11.0. The number of rotatable bonds is 5. The predicted octanol–water partition coefficient (Wildman–Crippen LogP) is 2.49. The van der Waals surface area contributed by atoms with Crippen LogP contribution in [0.5, 0.6) is 0 Å². The molecule has 1 amide bonds. The normalized spacial score (nSPS) is 15.3. The van der Waals surface area contributed by atoms with E-state index in [1.54, 1.807) is 4.90 Å². The summed E-state index contributed by atoms with van der Waals surface area (Å²) < 4.78 is 4.63. The molecule has 0 N–H and O–H groups in total. The third-order valence-electron chi connectivity index (χ3n) is 6.10. The minimum Gasteiger partial charge on any atom is -0.348 e. The fourth-order valence-electron chi connectivity index (χ4n) is 4.47. The highest BCUT2D eigenvalue weighted by molar-refractivity contribution is 5.77. The molecule has 0 fully saturated rings. The minimum atomic E-state index is -0.489. The van der Waals surface area contributed by atoms with Crippen LogP contribution in [-0.2, 0) is 24.4 Å². The van der Waals surface area contributed by atoms with Crippen molar-refractivity contribution in [3.05, 3.63) is 129 Å². The summed E-state index contributed by atoms with van der Waals surface area (Å²) in [6.45, 7) is 1.20. The fraction of sp³-hybridized carbons (Fsp3) is 0.192. The molecule has 1 unspecified atom stereocenters. The number of nitrogens with zero attached hydrogens (tertiary/aromatic N) is 4. The van der Waals surface area contributed by atoms with Crippen molar-refractivity contribution in [2.24, 2.45) is 0 Å². The number of fused-ring (bicyclic) bond motifs is 1. The Balaban J connectivity index is 1.46. The molecule has 7 nitrogen and oxygen atoms in total. The van der Waals surface area contributed by atoms with E-state index < -0.39 is 11.2 Å². The first-order valence-corrected chi connectivity index (χ1v) is 11.0. The Morgan fingerprint density at radius 1 is 0.818 bits per heavy atom. The van der Waals surface area contributed by atoms with Crippen LogP contribution < -0.4 is 11.2 Å². The molecule has 1 aliphatic heterocycles. The van der Waals surface area contributed by atoms with Crippen molar-refractivity contribution < 1.29 is 4.79 Å². The third-order valence-corrected chi connectivity index (χ3v) is 6.10. The molecule has 0 spiro atoms. The molecule has 4 aromatic rings. The van der Waals surface area contributed by atoms with E-state index >= 15 is 0 Å². The highest BCUT2D eigenvalue weighted by Crippen LogP contribution is 2.32. The molecule has 1 atom stereocenters. The van der Waals surface area contributed by atoms with Crippen LogP contribution in [0.15, 0.2) is 101 Å². The van der Waals surface area contributed by atoms with Crippen LogP contribution in [0.1, 0.15) is 22.9 Å². The summed E-state index contributed by atoms with van der Waals surface area (Å²) in [5.41, 5.74) is 1.98. The molecule has 0 saturated carbocycles. The SMILES string of the molecule is O=C(Cn1c(=O)ccn(Cc2ccccc2)c1=O)N1CCn2cccc2C1c1ccccc1. The van der Waals surface area contributed by atoms with Gasteiger partial charge in [-0.1, -0.05) is 60.7 Å². The lowest BCUT2D eigenvalue weighted by Gasteiger charge is -2.37. The van der Waals surface area contributed by atoms with Gasteiger partial charge in [0.1, 0.15) is 6.54 Å². The molecule has 7 heteroatoms. The fourth-order valence-corrected chi connectivity index (χ4v) is 4.47. The molecule has 2 aromatic heterocycles. The van der Waals surface area contributed by atoms with Gasteiger partial charge in [0, 0.05) is 37.2 Å². The highest BCUT2D eigenvalue weighted by Gasteiger charge is 2.32. The zero-order valence-corrected chi connectivity index (χ0v) is 18.1. The largest absolute Gasteiger partial charge is 0.348 e. The van der Waals surface area contributed by atoms with Gasteiger partial charge in [0.05, 0.1) is 12.6 Å². The lowest BCUT2D eigenvalue weighted by Crippen LogP contribution is -2.47. The lowest BCUT2D eigenvalue weighted by atomic mass is 10.00. The Labute approximate surface area is 190 Å². The first kappa shape index (κ1) is 20.8. The standard InChI is InChI=1S/C26H24N4O3/c31-23-13-15-28(18-20-8-3-1-4-9-20)26(33)30(23)19-24(32)29-17-16-27-14-7-12-22(27)25(29)21-10-5-2-6-11-21/h1-15,25H,16-19H2. The van der Waals surface area contributed by atoms with Crippen molar-refractivity contribution in [3.8, 4) is 0 Å². The smallest absolute Gasteiger partial charge is 0.331 e. The van der Waals surface area contributed by atoms with Gasteiger partial charge in [-0.2, -0.15) is 0 Å². The van der Waals surface area contributed by atoms with Crippen LogP contribution in [0, 0.1) is 0 Å². The number of carbonyl (C=O) groups is 1. The predicted molar refractivity (Wildman–Crippen MR) is 125 cm³/mol. The van der Waals surface area contributed by atoms with Crippen molar-refractivity contribution in [2.45, 2.75) is 25.7 Å². The number of benzene rings is 2. The number of aromatic nitrogens is 3. The molecule has 166 valence electrons. The molecular weight excluding hydrogens is 416 g/mol. The van der Waals surface area contributed by atoms with Gasteiger partial charge in [0.2, 0.25) is 5.91 Å². The third kappa shape index (κ3) is 4.05. The minimum absolute atomic E-state index is 0.257. The van der Waals surface area contributed by atoms with Crippen LogP contribution in [0.4, 0.5) is 0 Å². The van der Waals surface area contributed by atoms with Crippen LogP contribution in [0.2, 0.25) is 0 Å². The second-order valence-electron chi connectivity index (χ2n) is 8.16. The van der Waals surface area contributed by atoms with E-state index in [9.17, 15) is 14.4 Å². The van der Waals surface area contributed by atoms with E-state index in [4.69, 9.17) is 0 Å². The Hall–Kier alpha value is -4.13. The quantitative estimate of drug-likeness (QED) is 0.479. The molecule has 1 aliphatic rings. The summed E-state index contributed by atoms with van der Waals surface area (Å²) >= 11 is 0. The van der Waals surface area contributed by atoms with Crippen molar-refractivity contribution in [1.82, 2.24) is 18.6 Å². The maximum absolute atomic E-state index is 13.5. The van der Waals surface area contributed by atoms with E-state index in [1.807, 2.05) is 79.0 Å². The Kier molecular flexibility index (Phi) is 5.52. The summed E-state index contributed by atoms with van der Waals surface area (Å²) in [5, 5.41) is 0. The number of hydrogen-bond acceptors (Lipinski definition) is 3. The average Bonchev–Trinajstić information content (AvgIpc) is 3.33. The van der Waals surface area contributed by atoms with E-state index in [0.29, 0.717) is 19.6 Å². The maximum Gasteiger partial charge on any atom is 0.331 e. The molecule has 0 aliphatic carbocycles.